The van der Waals surface area contributed by atoms with Crippen LogP contribution >= 0.6 is 22.3 Å². The first-order valence-electron chi connectivity index (χ1n) is 5.95. The van der Waals surface area contributed by atoms with Crippen molar-refractivity contribution in [2.45, 2.75) is 30.3 Å². The highest BCUT2D eigenvalue weighted by atomic mass is 35.7. The Morgan fingerprint density at radius 3 is 2.84 bits per heavy atom. The molecule has 106 valence electrons. The van der Waals surface area contributed by atoms with Crippen LogP contribution in [0.2, 0.25) is 5.02 Å². The lowest BCUT2D eigenvalue weighted by molar-refractivity contribution is 0.0899. The van der Waals surface area contributed by atoms with Gasteiger partial charge in [-0.15, -0.1) is 0 Å². The molecule has 1 aliphatic rings. The molecule has 0 aliphatic carbocycles. The number of hydrogen-bond acceptors (Lipinski definition) is 4. The molecule has 1 aliphatic heterocycles. The summed E-state index contributed by atoms with van der Waals surface area (Å²) in [5, 5.41) is 0.297. The summed E-state index contributed by atoms with van der Waals surface area (Å²) in [6.45, 7) is 1.17. The zero-order valence-electron chi connectivity index (χ0n) is 10.1. The van der Waals surface area contributed by atoms with Crippen molar-refractivity contribution in [3.05, 3.63) is 23.2 Å². The van der Waals surface area contributed by atoms with Crippen LogP contribution in [-0.2, 0) is 13.8 Å². The standard InChI is InChI=1S/C12H14Cl2O4S/c13-9-3-4-11(12(8-9)19(14,15)16)18-7-5-10-2-1-6-17-10/h3-4,8,10H,1-2,5-7H2. The summed E-state index contributed by atoms with van der Waals surface area (Å²) in [6.07, 6.45) is 3.01. The summed E-state index contributed by atoms with van der Waals surface area (Å²) in [4.78, 5) is -0.103. The Labute approximate surface area is 122 Å². The highest BCUT2D eigenvalue weighted by molar-refractivity contribution is 8.13. The maximum atomic E-state index is 11.4. The molecule has 0 bridgehead atoms. The Balaban J connectivity index is 2.03. The second-order valence-electron chi connectivity index (χ2n) is 4.30. The predicted octanol–water partition coefficient (Wildman–Crippen LogP) is 3.22. The average molecular weight is 325 g/mol. The van der Waals surface area contributed by atoms with Crippen LogP contribution in [0, 0.1) is 0 Å². The smallest absolute Gasteiger partial charge is 0.265 e. The molecule has 1 heterocycles. The van der Waals surface area contributed by atoms with Gasteiger partial charge in [0.15, 0.2) is 0 Å². The van der Waals surface area contributed by atoms with E-state index in [0.29, 0.717) is 11.6 Å². The maximum Gasteiger partial charge on any atom is 0.265 e. The molecule has 0 saturated carbocycles. The van der Waals surface area contributed by atoms with E-state index in [9.17, 15) is 8.42 Å². The van der Waals surface area contributed by atoms with Gasteiger partial charge in [-0.05, 0) is 31.0 Å². The Morgan fingerprint density at radius 1 is 1.42 bits per heavy atom. The number of benzene rings is 1. The first-order valence-corrected chi connectivity index (χ1v) is 8.64. The monoisotopic (exact) mass is 324 g/mol. The molecule has 1 fully saturated rings. The Hall–Kier alpha value is -0.490. The van der Waals surface area contributed by atoms with Crippen LogP contribution in [0.25, 0.3) is 0 Å². The summed E-state index contributed by atoms with van der Waals surface area (Å²) in [5.74, 6) is 0.220. The summed E-state index contributed by atoms with van der Waals surface area (Å²) in [6, 6.07) is 4.35. The molecule has 1 saturated heterocycles. The molecule has 4 nitrogen and oxygen atoms in total. The second-order valence-corrected chi connectivity index (χ2v) is 7.27. The maximum absolute atomic E-state index is 11.4. The van der Waals surface area contributed by atoms with E-state index in [1.165, 1.54) is 12.1 Å². The quantitative estimate of drug-likeness (QED) is 0.780. The second kappa shape index (κ2) is 6.31. The Morgan fingerprint density at radius 2 is 2.21 bits per heavy atom. The fourth-order valence-electron chi connectivity index (χ4n) is 1.96. The molecule has 2 rings (SSSR count). The van der Waals surface area contributed by atoms with Crippen LogP contribution in [0.5, 0.6) is 5.75 Å². The minimum Gasteiger partial charge on any atom is -0.492 e. The normalized spacial score (nSPS) is 19.6. The van der Waals surface area contributed by atoms with Crippen molar-refractivity contribution in [1.29, 1.82) is 0 Å². The Bertz CT molecular complexity index is 539. The third-order valence-electron chi connectivity index (χ3n) is 2.89. The Kier molecular flexibility index (Phi) is 4.95. The minimum atomic E-state index is -3.87. The van der Waals surface area contributed by atoms with Crippen molar-refractivity contribution < 1.29 is 17.9 Å². The molecule has 1 aromatic carbocycles. The molecule has 0 radical (unpaired) electrons. The minimum absolute atomic E-state index is 0.103. The van der Waals surface area contributed by atoms with Crippen LogP contribution in [-0.4, -0.2) is 27.7 Å². The van der Waals surface area contributed by atoms with Gasteiger partial charge in [0.25, 0.3) is 9.05 Å². The van der Waals surface area contributed by atoms with Gasteiger partial charge in [-0.25, -0.2) is 8.42 Å². The molecular formula is C12H14Cl2O4S. The number of ether oxygens (including phenoxy) is 2. The lowest BCUT2D eigenvalue weighted by Crippen LogP contribution is -2.11. The highest BCUT2D eigenvalue weighted by Crippen LogP contribution is 2.30. The molecule has 1 atom stereocenters. The molecule has 0 spiro atoms. The number of halogens is 2. The molecule has 7 heteroatoms. The van der Waals surface area contributed by atoms with Gasteiger partial charge in [-0.2, -0.15) is 0 Å². The van der Waals surface area contributed by atoms with E-state index in [4.69, 9.17) is 31.8 Å². The zero-order chi connectivity index (χ0) is 13.9. The fourth-order valence-corrected chi connectivity index (χ4v) is 3.20. The van der Waals surface area contributed by atoms with Crippen molar-refractivity contribution >= 4 is 31.3 Å². The van der Waals surface area contributed by atoms with E-state index in [1.807, 2.05) is 0 Å². The largest absolute Gasteiger partial charge is 0.492 e. The fraction of sp³-hybridized carbons (Fsp3) is 0.500. The van der Waals surface area contributed by atoms with E-state index in [0.717, 1.165) is 25.9 Å². The lowest BCUT2D eigenvalue weighted by Gasteiger charge is -2.12. The first-order chi connectivity index (χ1) is 8.97. The molecule has 1 unspecified atom stereocenters. The van der Waals surface area contributed by atoms with Gasteiger partial charge >= 0.3 is 0 Å². The van der Waals surface area contributed by atoms with E-state index >= 15 is 0 Å². The summed E-state index contributed by atoms with van der Waals surface area (Å²) in [7, 11) is 1.48. The predicted molar refractivity (Wildman–Crippen MR) is 73.6 cm³/mol. The number of hydrogen-bond donors (Lipinski definition) is 0. The van der Waals surface area contributed by atoms with E-state index in [2.05, 4.69) is 0 Å². The molecule has 0 amide bonds. The van der Waals surface area contributed by atoms with Crippen molar-refractivity contribution in [3.8, 4) is 5.75 Å². The molecule has 0 aromatic heterocycles. The van der Waals surface area contributed by atoms with Gasteiger partial charge in [0.2, 0.25) is 0 Å². The van der Waals surface area contributed by atoms with E-state index in [1.54, 1.807) is 6.07 Å². The van der Waals surface area contributed by atoms with Crippen molar-refractivity contribution in [3.63, 3.8) is 0 Å². The third kappa shape index (κ3) is 4.24. The summed E-state index contributed by atoms with van der Waals surface area (Å²) < 4.78 is 33.8. The third-order valence-corrected chi connectivity index (χ3v) is 4.47. The molecular weight excluding hydrogens is 311 g/mol. The van der Waals surface area contributed by atoms with Crippen molar-refractivity contribution in [2.24, 2.45) is 0 Å². The van der Waals surface area contributed by atoms with Crippen LogP contribution < -0.4 is 4.74 Å². The zero-order valence-corrected chi connectivity index (χ0v) is 12.5. The van der Waals surface area contributed by atoms with Gasteiger partial charge < -0.3 is 9.47 Å². The van der Waals surface area contributed by atoms with Gasteiger partial charge in [0.1, 0.15) is 10.6 Å². The molecule has 19 heavy (non-hydrogen) atoms. The topological polar surface area (TPSA) is 52.6 Å². The first kappa shape index (κ1) is 14.9. The van der Waals surface area contributed by atoms with Gasteiger partial charge in [-0.3, -0.25) is 0 Å². The summed E-state index contributed by atoms with van der Waals surface area (Å²) in [5.41, 5.74) is 0. The lowest BCUT2D eigenvalue weighted by atomic mass is 10.2. The van der Waals surface area contributed by atoms with Crippen molar-refractivity contribution in [2.75, 3.05) is 13.2 Å². The van der Waals surface area contributed by atoms with Gasteiger partial charge in [-0.1, -0.05) is 11.6 Å². The van der Waals surface area contributed by atoms with Crippen LogP contribution in [0.4, 0.5) is 0 Å². The van der Waals surface area contributed by atoms with Gasteiger partial charge in [0.05, 0.1) is 12.7 Å². The van der Waals surface area contributed by atoms with Gasteiger partial charge in [0, 0.05) is 28.7 Å². The van der Waals surface area contributed by atoms with Crippen LogP contribution in [0.3, 0.4) is 0 Å². The number of rotatable bonds is 5. The molecule has 0 N–H and O–H groups in total. The molecule has 1 aromatic rings. The van der Waals surface area contributed by atoms with Crippen LogP contribution in [0.1, 0.15) is 19.3 Å². The van der Waals surface area contributed by atoms with E-state index < -0.39 is 9.05 Å². The van der Waals surface area contributed by atoms with Crippen LogP contribution in [0.15, 0.2) is 23.1 Å². The van der Waals surface area contributed by atoms with Crippen molar-refractivity contribution in [1.82, 2.24) is 0 Å². The SMILES string of the molecule is O=S(=O)(Cl)c1cc(Cl)ccc1OCCC1CCCO1. The highest BCUT2D eigenvalue weighted by Gasteiger charge is 2.19. The average Bonchev–Trinajstić information content (AvgIpc) is 2.83. The van der Waals surface area contributed by atoms with E-state index in [-0.39, 0.29) is 16.7 Å². The summed E-state index contributed by atoms with van der Waals surface area (Å²) >= 11 is 5.76.